The summed E-state index contributed by atoms with van der Waals surface area (Å²) in [5.74, 6) is 6.03. The van der Waals surface area contributed by atoms with Crippen molar-refractivity contribution in [1.82, 2.24) is 14.9 Å². The molecule has 0 atom stereocenters. The summed E-state index contributed by atoms with van der Waals surface area (Å²) in [5, 5.41) is 8.28. The molecule has 1 aromatic carbocycles. The highest BCUT2D eigenvalue weighted by molar-refractivity contribution is 7.99. The number of nitrogens with zero attached hydrogens (tertiary/aromatic N) is 3. The summed E-state index contributed by atoms with van der Waals surface area (Å²) in [5.41, 5.74) is 0.644. The maximum absolute atomic E-state index is 12.9. The van der Waals surface area contributed by atoms with Crippen molar-refractivity contribution in [2.24, 2.45) is 5.92 Å². The Morgan fingerprint density at radius 1 is 1.36 bits per heavy atom. The fourth-order valence-corrected chi connectivity index (χ4v) is 2.25. The molecule has 1 heterocycles. The normalized spacial score (nSPS) is 10.9. The van der Waals surface area contributed by atoms with Crippen LogP contribution in [0.5, 0.6) is 0 Å². The summed E-state index contributed by atoms with van der Waals surface area (Å²) < 4.78 is 19.3. The predicted molar refractivity (Wildman–Crippen MR) is 82.1 cm³/mol. The first-order valence-corrected chi connectivity index (χ1v) is 7.70. The van der Waals surface area contributed by atoms with Crippen LogP contribution in [0.3, 0.4) is 0 Å². The second kappa shape index (κ2) is 7.26. The lowest BCUT2D eigenvalue weighted by Gasteiger charge is -2.06. The minimum atomic E-state index is -0.339. The summed E-state index contributed by atoms with van der Waals surface area (Å²) >= 11 is 1.14. The van der Waals surface area contributed by atoms with Crippen molar-refractivity contribution in [3.8, 4) is 11.4 Å². The fraction of sp³-hybridized carbons (Fsp3) is 0.357. The van der Waals surface area contributed by atoms with Gasteiger partial charge in [0.1, 0.15) is 5.82 Å². The first kappa shape index (κ1) is 16.3. The number of aromatic nitrogens is 3. The molecule has 8 heteroatoms. The molecule has 118 valence electrons. The van der Waals surface area contributed by atoms with E-state index in [9.17, 15) is 9.18 Å². The van der Waals surface area contributed by atoms with Gasteiger partial charge in [0.05, 0.1) is 12.4 Å². The van der Waals surface area contributed by atoms with Crippen LogP contribution < -0.4 is 5.84 Å². The standard InChI is InChI=1S/C14H17FN4O2S/c1-9(2)7-21-12(20)8-22-14-18-17-13(19(14)16)10-3-5-11(15)6-4-10/h3-6,9H,7-8,16H2,1-2H3. The predicted octanol–water partition coefficient (Wildman–Crippen LogP) is 2.09. The molecule has 0 saturated carbocycles. The van der Waals surface area contributed by atoms with E-state index in [2.05, 4.69) is 10.2 Å². The zero-order chi connectivity index (χ0) is 16.1. The van der Waals surface area contributed by atoms with E-state index in [0.717, 1.165) is 11.8 Å². The number of rotatable bonds is 6. The van der Waals surface area contributed by atoms with Crippen molar-refractivity contribution >= 4 is 17.7 Å². The number of nitrogens with two attached hydrogens (primary N) is 1. The van der Waals surface area contributed by atoms with E-state index in [-0.39, 0.29) is 23.5 Å². The highest BCUT2D eigenvalue weighted by Gasteiger charge is 2.14. The Hall–Kier alpha value is -2.09. The van der Waals surface area contributed by atoms with Gasteiger partial charge < -0.3 is 10.6 Å². The lowest BCUT2D eigenvalue weighted by molar-refractivity contribution is -0.141. The van der Waals surface area contributed by atoms with Crippen LogP contribution >= 0.6 is 11.8 Å². The molecule has 2 rings (SSSR count). The SMILES string of the molecule is CC(C)COC(=O)CSc1nnc(-c2ccc(F)cc2)n1N. The van der Waals surface area contributed by atoms with Gasteiger partial charge in [0.25, 0.3) is 0 Å². The summed E-state index contributed by atoms with van der Waals surface area (Å²) in [4.78, 5) is 11.6. The minimum absolute atomic E-state index is 0.103. The van der Waals surface area contributed by atoms with Gasteiger partial charge in [-0.2, -0.15) is 0 Å². The van der Waals surface area contributed by atoms with Gasteiger partial charge in [-0.15, -0.1) is 10.2 Å². The van der Waals surface area contributed by atoms with Crippen LogP contribution in [0.2, 0.25) is 0 Å². The van der Waals surface area contributed by atoms with Gasteiger partial charge >= 0.3 is 5.97 Å². The third kappa shape index (κ3) is 4.20. The number of ether oxygens (including phenoxy) is 1. The summed E-state index contributed by atoms with van der Waals surface area (Å²) in [6.45, 7) is 4.31. The number of esters is 1. The van der Waals surface area contributed by atoms with Gasteiger partial charge in [0.2, 0.25) is 5.16 Å². The van der Waals surface area contributed by atoms with Gasteiger partial charge in [-0.05, 0) is 30.2 Å². The average molecular weight is 324 g/mol. The minimum Gasteiger partial charge on any atom is -0.465 e. The molecule has 0 bridgehead atoms. The smallest absolute Gasteiger partial charge is 0.316 e. The van der Waals surface area contributed by atoms with Crippen molar-refractivity contribution in [2.45, 2.75) is 19.0 Å². The average Bonchev–Trinajstić information content (AvgIpc) is 2.85. The van der Waals surface area contributed by atoms with E-state index >= 15 is 0 Å². The molecule has 6 nitrogen and oxygen atoms in total. The van der Waals surface area contributed by atoms with Crippen LogP contribution in [0.4, 0.5) is 4.39 Å². The quantitative estimate of drug-likeness (QED) is 0.498. The monoisotopic (exact) mass is 324 g/mol. The van der Waals surface area contributed by atoms with Crippen molar-refractivity contribution in [1.29, 1.82) is 0 Å². The molecule has 0 fully saturated rings. The molecule has 2 aromatic rings. The second-order valence-corrected chi connectivity index (χ2v) is 5.99. The van der Waals surface area contributed by atoms with E-state index in [1.807, 2.05) is 13.8 Å². The molecule has 0 saturated heterocycles. The van der Waals surface area contributed by atoms with Crippen LogP contribution in [0.25, 0.3) is 11.4 Å². The number of thioether (sulfide) groups is 1. The number of benzene rings is 1. The Morgan fingerprint density at radius 3 is 2.68 bits per heavy atom. The number of halogens is 1. The zero-order valence-electron chi connectivity index (χ0n) is 12.3. The van der Waals surface area contributed by atoms with Crippen molar-refractivity contribution in [2.75, 3.05) is 18.2 Å². The largest absolute Gasteiger partial charge is 0.465 e. The Kier molecular flexibility index (Phi) is 5.37. The molecule has 2 N–H and O–H groups in total. The van der Waals surface area contributed by atoms with Crippen LogP contribution in [0, 0.1) is 11.7 Å². The van der Waals surface area contributed by atoms with Crippen molar-refractivity contribution in [3.05, 3.63) is 30.1 Å². The van der Waals surface area contributed by atoms with E-state index in [0.29, 0.717) is 23.2 Å². The third-order valence-electron chi connectivity index (χ3n) is 2.66. The van der Waals surface area contributed by atoms with Crippen LogP contribution in [-0.4, -0.2) is 33.2 Å². The highest BCUT2D eigenvalue weighted by atomic mass is 32.2. The zero-order valence-corrected chi connectivity index (χ0v) is 13.1. The maximum Gasteiger partial charge on any atom is 0.316 e. The highest BCUT2D eigenvalue weighted by Crippen LogP contribution is 2.21. The lowest BCUT2D eigenvalue weighted by atomic mass is 10.2. The molecule has 22 heavy (non-hydrogen) atoms. The molecule has 0 aliphatic carbocycles. The second-order valence-electron chi connectivity index (χ2n) is 5.05. The Balaban J connectivity index is 1.99. The van der Waals surface area contributed by atoms with Crippen molar-refractivity contribution < 1.29 is 13.9 Å². The van der Waals surface area contributed by atoms with Gasteiger partial charge in [0.15, 0.2) is 5.82 Å². The molecule has 0 radical (unpaired) electrons. The van der Waals surface area contributed by atoms with Gasteiger partial charge in [-0.1, -0.05) is 25.6 Å². The summed E-state index contributed by atoms with van der Waals surface area (Å²) in [7, 11) is 0. The Labute approximate surface area is 131 Å². The topological polar surface area (TPSA) is 83.0 Å². The fourth-order valence-electron chi connectivity index (χ4n) is 1.60. The number of hydrogen-bond donors (Lipinski definition) is 1. The third-order valence-corrected chi connectivity index (χ3v) is 3.58. The van der Waals surface area contributed by atoms with Crippen LogP contribution in [0.15, 0.2) is 29.4 Å². The number of hydrogen-bond acceptors (Lipinski definition) is 6. The molecule has 1 aromatic heterocycles. The van der Waals surface area contributed by atoms with Crippen LogP contribution in [-0.2, 0) is 9.53 Å². The summed E-state index contributed by atoms with van der Waals surface area (Å²) in [6.07, 6.45) is 0. The number of carbonyl (C=O) groups excluding carboxylic acids is 1. The van der Waals surface area contributed by atoms with E-state index in [1.54, 1.807) is 12.1 Å². The molecule has 0 aliphatic rings. The first-order chi connectivity index (χ1) is 10.5. The van der Waals surface area contributed by atoms with E-state index in [1.165, 1.54) is 16.8 Å². The molecule has 0 aliphatic heterocycles. The molecule has 0 amide bonds. The summed E-state index contributed by atoms with van der Waals surface area (Å²) in [6, 6.07) is 5.77. The first-order valence-electron chi connectivity index (χ1n) is 6.72. The Bertz CT molecular complexity index is 643. The number of carbonyl (C=O) groups is 1. The molecule has 0 unspecified atom stereocenters. The Morgan fingerprint density at radius 2 is 2.05 bits per heavy atom. The lowest BCUT2D eigenvalue weighted by Crippen LogP contribution is -2.14. The molecular formula is C14H17FN4O2S. The van der Waals surface area contributed by atoms with Crippen molar-refractivity contribution in [3.63, 3.8) is 0 Å². The maximum atomic E-state index is 12.9. The molecular weight excluding hydrogens is 307 g/mol. The van der Waals surface area contributed by atoms with E-state index in [4.69, 9.17) is 10.6 Å². The molecule has 0 spiro atoms. The van der Waals surface area contributed by atoms with E-state index < -0.39 is 0 Å². The van der Waals surface area contributed by atoms with Gasteiger partial charge in [-0.3, -0.25) is 4.79 Å². The van der Waals surface area contributed by atoms with Gasteiger partial charge in [-0.25, -0.2) is 9.07 Å². The van der Waals surface area contributed by atoms with Gasteiger partial charge in [0, 0.05) is 5.56 Å². The van der Waals surface area contributed by atoms with Crippen LogP contribution in [0.1, 0.15) is 13.8 Å². The number of nitrogen functional groups attached to an aromatic ring is 1.